The van der Waals surface area contributed by atoms with Crippen LogP contribution in [0, 0.1) is 0 Å². The SMILES string of the molecule is CC1Cc2cc(CNCc3ccc(CC(=O)O)cc3)ccc2O1. The van der Waals surface area contributed by atoms with Gasteiger partial charge in [0.1, 0.15) is 11.9 Å². The predicted molar refractivity (Wildman–Crippen MR) is 88.6 cm³/mol. The molecule has 0 saturated heterocycles. The highest BCUT2D eigenvalue weighted by Crippen LogP contribution is 2.29. The standard InChI is InChI=1S/C19H21NO3/c1-13-8-17-9-16(6-7-18(17)23-13)12-20-11-15-4-2-14(3-5-15)10-19(21)22/h2-7,9,13,20H,8,10-12H2,1H3,(H,21,22). The van der Waals surface area contributed by atoms with Crippen LogP contribution in [0.3, 0.4) is 0 Å². The van der Waals surface area contributed by atoms with Crippen LogP contribution in [-0.4, -0.2) is 17.2 Å². The zero-order valence-corrected chi connectivity index (χ0v) is 13.2. The third-order valence-corrected chi connectivity index (χ3v) is 4.00. The van der Waals surface area contributed by atoms with Gasteiger partial charge in [-0.25, -0.2) is 0 Å². The van der Waals surface area contributed by atoms with Crippen LogP contribution in [0.25, 0.3) is 0 Å². The van der Waals surface area contributed by atoms with Crippen molar-refractivity contribution in [3.63, 3.8) is 0 Å². The number of hydrogen-bond acceptors (Lipinski definition) is 3. The van der Waals surface area contributed by atoms with Gasteiger partial charge in [-0.15, -0.1) is 0 Å². The maximum atomic E-state index is 10.7. The number of aliphatic carboxylic acids is 1. The third kappa shape index (κ3) is 4.11. The number of ether oxygens (including phenoxy) is 1. The normalized spacial score (nSPS) is 16.0. The highest BCUT2D eigenvalue weighted by Gasteiger charge is 2.18. The van der Waals surface area contributed by atoms with Gasteiger partial charge < -0.3 is 15.2 Å². The van der Waals surface area contributed by atoms with Crippen molar-refractivity contribution < 1.29 is 14.6 Å². The highest BCUT2D eigenvalue weighted by atomic mass is 16.5. The smallest absolute Gasteiger partial charge is 0.307 e. The molecule has 0 fully saturated rings. The molecular formula is C19H21NO3. The third-order valence-electron chi connectivity index (χ3n) is 4.00. The van der Waals surface area contributed by atoms with Gasteiger partial charge in [0, 0.05) is 19.5 Å². The summed E-state index contributed by atoms with van der Waals surface area (Å²) in [6.07, 6.45) is 1.33. The number of benzene rings is 2. The molecule has 0 spiro atoms. The first-order valence-electron chi connectivity index (χ1n) is 7.89. The molecule has 0 aliphatic carbocycles. The van der Waals surface area contributed by atoms with E-state index >= 15 is 0 Å². The average Bonchev–Trinajstić information content (AvgIpc) is 2.88. The molecule has 2 N–H and O–H groups in total. The molecule has 4 nitrogen and oxygen atoms in total. The number of carboxylic acids is 1. The zero-order chi connectivity index (χ0) is 16.2. The van der Waals surface area contributed by atoms with Crippen LogP contribution < -0.4 is 10.1 Å². The van der Waals surface area contributed by atoms with Crippen molar-refractivity contribution in [3.05, 3.63) is 64.7 Å². The van der Waals surface area contributed by atoms with Crippen molar-refractivity contribution in [1.82, 2.24) is 5.32 Å². The van der Waals surface area contributed by atoms with Crippen LogP contribution in [0.2, 0.25) is 0 Å². The molecule has 23 heavy (non-hydrogen) atoms. The van der Waals surface area contributed by atoms with E-state index in [1.807, 2.05) is 24.3 Å². The zero-order valence-electron chi connectivity index (χ0n) is 13.2. The van der Waals surface area contributed by atoms with Gasteiger partial charge >= 0.3 is 5.97 Å². The van der Waals surface area contributed by atoms with Gasteiger partial charge in [0.25, 0.3) is 0 Å². The second kappa shape index (κ2) is 6.84. The summed E-state index contributed by atoms with van der Waals surface area (Å²) in [4.78, 5) is 10.7. The first kappa shape index (κ1) is 15.6. The minimum absolute atomic E-state index is 0.0727. The number of fused-ring (bicyclic) bond motifs is 1. The van der Waals surface area contributed by atoms with Gasteiger partial charge in [0.15, 0.2) is 0 Å². The van der Waals surface area contributed by atoms with Gasteiger partial charge in [-0.2, -0.15) is 0 Å². The summed E-state index contributed by atoms with van der Waals surface area (Å²) >= 11 is 0. The Morgan fingerprint density at radius 3 is 2.52 bits per heavy atom. The molecule has 3 rings (SSSR count). The molecule has 0 bridgehead atoms. The molecule has 120 valence electrons. The van der Waals surface area contributed by atoms with Gasteiger partial charge in [0.05, 0.1) is 6.42 Å². The fourth-order valence-corrected chi connectivity index (χ4v) is 2.89. The number of nitrogens with one attached hydrogen (secondary N) is 1. The molecule has 0 radical (unpaired) electrons. The summed E-state index contributed by atoms with van der Waals surface area (Å²) in [5.41, 5.74) is 4.52. The molecule has 0 amide bonds. The molecule has 1 heterocycles. The maximum absolute atomic E-state index is 10.7. The Labute approximate surface area is 136 Å². The molecule has 0 saturated carbocycles. The first-order chi connectivity index (χ1) is 11.1. The lowest BCUT2D eigenvalue weighted by atomic mass is 10.1. The average molecular weight is 311 g/mol. The van der Waals surface area contributed by atoms with E-state index in [1.165, 1.54) is 11.1 Å². The van der Waals surface area contributed by atoms with Crippen molar-refractivity contribution in [1.29, 1.82) is 0 Å². The van der Waals surface area contributed by atoms with Crippen molar-refractivity contribution >= 4 is 5.97 Å². The number of carboxylic acid groups (broad SMARTS) is 1. The van der Waals surface area contributed by atoms with E-state index in [-0.39, 0.29) is 12.5 Å². The minimum Gasteiger partial charge on any atom is -0.490 e. The van der Waals surface area contributed by atoms with Crippen LogP contribution in [0.1, 0.15) is 29.2 Å². The van der Waals surface area contributed by atoms with Crippen LogP contribution in [-0.2, 0) is 30.7 Å². The Balaban J connectivity index is 1.52. The highest BCUT2D eigenvalue weighted by molar-refractivity contribution is 5.70. The molecule has 1 aliphatic rings. The first-order valence-corrected chi connectivity index (χ1v) is 7.89. The van der Waals surface area contributed by atoms with Gasteiger partial charge in [-0.1, -0.05) is 36.4 Å². The monoisotopic (exact) mass is 311 g/mol. The van der Waals surface area contributed by atoms with E-state index in [4.69, 9.17) is 9.84 Å². The molecular weight excluding hydrogens is 290 g/mol. The minimum atomic E-state index is -0.800. The lowest BCUT2D eigenvalue weighted by Gasteiger charge is -2.07. The largest absolute Gasteiger partial charge is 0.490 e. The second-order valence-corrected chi connectivity index (χ2v) is 6.07. The Morgan fingerprint density at radius 2 is 1.78 bits per heavy atom. The van der Waals surface area contributed by atoms with Crippen molar-refractivity contribution in [3.8, 4) is 5.75 Å². The van der Waals surface area contributed by atoms with E-state index in [0.29, 0.717) is 0 Å². The van der Waals surface area contributed by atoms with Gasteiger partial charge in [0.2, 0.25) is 0 Å². The van der Waals surface area contributed by atoms with Crippen molar-refractivity contribution in [2.24, 2.45) is 0 Å². The Bertz CT molecular complexity index is 694. The van der Waals surface area contributed by atoms with Crippen LogP contribution in [0.4, 0.5) is 0 Å². The lowest BCUT2D eigenvalue weighted by molar-refractivity contribution is -0.136. The summed E-state index contributed by atoms with van der Waals surface area (Å²) in [6, 6.07) is 14.1. The van der Waals surface area contributed by atoms with Crippen molar-refractivity contribution in [2.45, 2.75) is 39.0 Å². The fourth-order valence-electron chi connectivity index (χ4n) is 2.89. The van der Waals surface area contributed by atoms with Gasteiger partial charge in [-0.3, -0.25) is 4.79 Å². The Hall–Kier alpha value is -2.33. The topological polar surface area (TPSA) is 58.6 Å². The second-order valence-electron chi connectivity index (χ2n) is 6.07. The number of hydrogen-bond donors (Lipinski definition) is 2. The number of carbonyl (C=O) groups is 1. The van der Waals surface area contributed by atoms with E-state index in [0.717, 1.165) is 36.4 Å². The lowest BCUT2D eigenvalue weighted by Crippen LogP contribution is -2.12. The van der Waals surface area contributed by atoms with E-state index in [2.05, 4.69) is 30.4 Å². The number of rotatable bonds is 6. The molecule has 0 aromatic heterocycles. The summed E-state index contributed by atoms with van der Waals surface area (Å²) < 4.78 is 5.71. The molecule has 2 aromatic rings. The van der Waals surface area contributed by atoms with Gasteiger partial charge in [-0.05, 0) is 35.2 Å². The molecule has 2 aromatic carbocycles. The quantitative estimate of drug-likeness (QED) is 0.861. The molecule has 1 atom stereocenters. The van der Waals surface area contributed by atoms with E-state index < -0.39 is 5.97 Å². The fraction of sp³-hybridized carbons (Fsp3) is 0.316. The summed E-state index contributed by atoms with van der Waals surface area (Å²) in [5, 5.41) is 12.2. The molecule has 4 heteroatoms. The van der Waals surface area contributed by atoms with E-state index in [9.17, 15) is 4.79 Å². The van der Waals surface area contributed by atoms with Crippen LogP contribution >= 0.6 is 0 Å². The molecule has 1 aliphatic heterocycles. The Kier molecular flexibility index (Phi) is 4.63. The van der Waals surface area contributed by atoms with Crippen LogP contribution in [0.15, 0.2) is 42.5 Å². The maximum Gasteiger partial charge on any atom is 0.307 e. The summed E-state index contributed by atoms with van der Waals surface area (Å²) in [7, 11) is 0. The summed E-state index contributed by atoms with van der Waals surface area (Å²) in [6.45, 7) is 3.65. The van der Waals surface area contributed by atoms with Crippen molar-refractivity contribution in [2.75, 3.05) is 0 Å². The Morgan fingerprint density at radius 1 is 1.13 bits per heavy atom. The molecule has 1 unspecified atom stereocenters. The predicted octanol–water partition coefficient (Wildman–Crippen LogP) is 2.93. The van der Waals surface area contributed by atoms with Crippen LogP contribution in [0.5, 0.6) is 5.75 Å². The van der Waals surface area contributed by atoms with E-state index in [1.54, 1.807) is 0 Å². The summed E-state index contributed by atoms with van der Waals surface area (Å²) in [5.74, 6) is 0.209.